The van der Waals surface area contributed by atoms with Gasteiger partial charge in [0.15, 0.2) is 6.10 Å². The van der Waals surface area contributed by atoms with E-state index in [4.69, 9.17) is 9.84 Å². The van der Waals surface area contributed by atoms with Crippen LogP contribution in [0.4, 0.5) is 0 Å². The fraction of sp³-hybridized carbons (Fsp3) is 0.389. The monoisotopic (exact) mass is 360 g/mol. The Labute approximate surface area is 150 Å². The Kier molecular flexibility index (Phi) is 5.15. The van der Waals surface area contributed by atoms with Gasteiger partial charge in [-0.05, 0) is 13.8 Å². The third-order valence-corrected chi connectivity index (χ3v) is 5.11. The van der Waals surface area contributed by atoms with Crippen LogP contribution in [0.1, 0.15) is 15.4 Å². The van der Waals surface area contributed by atoms with Crippen LogP contribution < -0.4 is 0 Å². The van der Waals surface area contributed by atoms with Crippen molar-refractivity contribution >= 4 is 23.2 Å². The molecule has 0 bridgehead atoms. The van der Waals surface area contributed by atoms with Gasteiger partial charge in [0.1, 0.15) is 0 Å². The van der Waals surface area contributed by atoms with Crippen molar-refractivity contribution in [1.29, 1.82) is 0 Å². The maximum absolute atomic E-state index is 12.6. The number of carboxylic acids is 1. The summed E-state index contributed by atoms with van der Waals surface area (Å²) in [6.45, 7) is 4.70. The van der Waals surface area contributed by atoms with Crippen molar-refractivity contribution in [2.45, 2.75) is 26.4 Å². The van der Waals surface area contributed by atoms with Gasteiger partial charge in [0, 0.05) is 17.0 Å². The first-order valence-electron chi connectivity index (χ1n) is 8.09. The smallest absolute Gasteiger partial charge is 0.334 e. The van der Waals surface area contributed by atoms with E-state index in [9.17, 15) is 9.59 Å². The summed E-state index contributed by atoms with van der Waals surface area (Å²) >= 11 is 1.51. The average Bonchev–Trinajstić information content (AvgIpc) is 2.96. The standard InChI is InChI=1S/C18H20N2O4S/c1-11-3-5-13(6-4-11)17-15(25-12(2)19-17)9-16(21)20-7-8-24-14(10-20)18(22)23/h3-6,14H,7-10H2,1-2H3,(H,22,23). The lowest BCUT2D eigenvalue weighted by Gasteiger charge is -2.30. The van der Waals surface area contributed by atoms with Gasteiger partial charge in [0.05, 0.1) is 30.3 Å². The summed E-state index contributed by atoms with van der Waals surface area (Å²) in [5.41, 5.74) is 2.99. The lowest BCUT2D eigenvalue weighted by molar-refractivity contribution is -0.159. The molecule has 25 heavy (non-hydrogen) atoms. The molecule has 3 rings (SSSR count). The number of hydrogen-bond donors (Lipinski definition) is 1. The highest BCUT2D eigenvalue weighted by atomic mass is 32.1. The fourth-order valence-corrected chi connectivity index (χ4v) is 3.75. The molecule has 1 aromatic heterocycles. The summed E-state index contributed by atoms with van der Waals surface area (Å²) in [5.74, 6) is -1.13. The molecule has 1 fully saturated rings. The van der Waals surface area contributed by atoms with E-state index >= 15 is 0 Å². The van der Waals surface area contributed by atoms with Crippen LogP contribution in [0.5, 0.6) is 0 Å². The van der Waals surface area contributed by atoms with Gasteiger partial charge in [-0.1, -0.05) is 29.8 Å². The molecule has 1 saturated heterocycles. The minimum absolute atomic E-state index is 0.0891. The van der Waals surface area contributed by atoms with Crippen LogP contribution in [0, 0.1) is 13.8 Å². The van der Waals surface area contributed by atoms with Crippen molar-refractivity contribution in [1.82, 2.24) is 9.88 Å². The van der Waals surface area contributed by atoms with E-state index in [1.54, 1.807) is 4.90 Å². The molecule has 6 nitrogen and oxygen atoms in total. The highest BCUT2D eigenvalue weighted by Crippen LogP contribution is 2.29. The minimum Gasteiger partial charge on any atom is -0.479 e. The van der Waals surface area contributed by atoms with Gasteiger partial charge in [0.25, 0.3) is 0 Å². The van der Waals surface area contributed by atoms with E-state index in [0.29, 0.717) is 6.54 Å². The number of ether oxygens (including phenoxy) is 1. The molecule has 1 aliphatic heterocycles. The third-order valence-electron chi connectivity index (χ3n) is 4.14. The summed E-state index contributed by atoms with van der Waals surface area (Å²) in [7, 11) is 0. The highest BCUT2D eigenvalue weighted by Gasteiger charge is 2.29. The lowest BCUT2D eigenvalue weighted by Crippen LogP contribution is -2.49. The zero-order valence-corrected chi connectivity index (χ0v) is 15.0. The van der Waals surface area contributed by atoms with Crippen molar-refractivity contribution in [2.24, 2.45) is 0 Å². The quantitative estimate of drug-likeness (QED) is 0.905. The molecule has 0 radical (unpaired) electrons. The number of aryl methyl sites for hydroxylation is 2. The molecule has 0 spiro atoms. The summed E-state index contributed by atoms with van der Waals surface area (Å²) < 4.78 is 5.18. The number of nitrogens with zero attached hydrogens (tertiary/aromatic N) is 2. The third kappa shape index (κ3) is 4.05. The van der Waals surface area contributed by atoms with Crippen molar-refractivity contribution < 1.29 is 19.4 Å². The van der Waals surface area contributed by atoms with Gasteiger partial charge in [0.2, 0.25) is 5.91 Å². The molecule has 1 amide bonds. The Hall–Kier alpha value is -2.25. The fourth-order valence-electron chi connectivity index (χ4n) is 2.80. The summed E-state index contributed by atoms with van der Waals surface area (Å²) in [4.78, 5) is 30.8. The number of carboxylic acid groups (broad SMARTS) is 1. The Morgan fingerprint density at radius 2 is 2.04 bits per heavy atom. The number of benzene rings is 1. The summed E-state index contributed by atoms with van der Waals surface area (Å²) in [6, 6.07) is 8.06. The van der Waals surface area contributed by atoms with Crippen LogP contribution in [-0.2, 0) is 20.7 Å². The van der Waals surface area contributed by atoms with Gasteiger partial charge in [-0.15, -0.1) is 11.3 Å². The van der Waals surface area contributed by atoms with E-state index in [1.807, 2.05) is 38.1 Å². The number of carbonyl (C=O) groups excluding carboxylic acids is 1. The molecule has 2 aromatic rings. The molecule has 1 aliphatic rings. The van der Waals surface area contributed by atoms with Crippen LogP contribution in [-0.4, -0.2) is 52.7 Å². The molecular formula is C18H20N2O4S. The number of aliphatic carboxylic acids is 1. The number of aromatic nitrogens is 1. The Bertz CT molecular complexity index is 785. The Balaban J connectivity index is 1.77. The van der Waals surface area contributed by atoms with Crippen molar-refractivity contribution in [3.05, 3.63) is 39.7 Å². The lowest BCUT2D eigenvalue weighted by atomic mass is 10.1. The molecular weight excluding hydrogens is 340 g/mol. The predicted molar refractivity (Wildman–Crippen MR) is 94.7 cm³/mol. The van der Waals surface area contributed by atoms with Crippen molar-refractivity contribution in [3.63, 3.8) is 0 Å². The van der Waals surface area contributed by atoms with Crippen LogP contribution >= 0.6 is 11.3 Å². The van der Waals surface area contributed by atoms with E-state index in [1.165, 1.54) is 16.9 Å². The largest absolute Gasteiger partial charge is 0.479 e. The second-order valence-electron chi connectivity index (χ2n) is 6.08. The Morgan fingerprint density at radius 3 is 2.72 bits per heavy atom. The first-order valence-corrected chi connectivity index (χ1v) is 8.91. The normalized spacial score (nSPS) is 17.5. The molecule has 1 aromatic carbocycles. The summed E-state index contributed by atoms with van der Waals surface area (Å²) in [5, 5.41) is 9.98. The molecule has 1 unspecified atom stereocenters. The second kappa shape index (κ2) is 7.33. The first kappa shape index (κ1) is 17.6. The highest BCUT2D eigenvalue weighted by molar-refractivity contribution is 7.12. The number of carbonyl (C=O) groups is 2. The SMILES string of the molecule is Cc1ccc(-c2nc(C)sc2CC(=O)N2CCOC(C(=O)O)C2)cc1. The number of morpholine rings is 1. The van der Waals surface area contributed by atoms with E-state index in [0.717, 1.165) is 21.1 Å². The van der Waals surface area contributed by atoms with E-state index < -0.39 is 12.1 Å². The van der Waals surface area contributed by atoms with Crippen molar-refractivity contribution in [3.8, 4) is 11.3 Å². The molecule has 132 valence electrons. The number of amides is 1. The minimum atomic E-state index is -1.04. The molecule has 0 aliphatic carbocycles. The first-order chi connectivity index (χ1) is 11.9. The zero-order valence-electron chi connectivity index (χ0n) is 14.2. The maximum Gasteiger partial charge on any atom is 0.334 e. The summed E-state index contributed by atoms with van der Waals surface area (Å²) in [6.07, 6.45) is -0.724. The van der Waals surface area contributed by atoms with Gasteiger partial charge < -0.3 is 14.7 Å². The van der Waals surface area contributed by atoms with Crippen molar-refractivity contribution in [2.75, 3.05) is 19.7 Å². The topological polar surface area (TPSA) is 79.7 Å². The predicted octanol–water partition coefficient (Wildman–Crippen LogP) is 2.28. The number of thiazole rings is 1. The molecule has 0 saturated carbocycles. The number of hydrogen-bond acceptors (Lipinski definition) is 5. The van der Waals surface area contributed by atoms with Gasteiger partial charge in [-0.2, -0.15) is 0 Å². The van der Waals surface area contributed by atoms with Gasteiger partial charge in [-0.25, -0.2) is 9.78 Å². The van der Waals surface area contributed by atoms with E-state index in [2.05, 4.69) is 4.98 Å². The molecule has 1 atom stereocenters. The van der Waals surface area contributed by atoms with Crippen LogP contribution in [0.15, 0.2) is 24.3 Å². The number of rotatable bonds is 4. The van der Waals surface area contributed by atoms with E-state index in [-0.39, 0.29) is 25.5 Å². The molecule has 7 heteroatoms. The van der Waals surface area contributed by atoms with Gasteiger partial charge in [-0.3, -0.25) is 4.79 Å². The molecule has 2 heterocycles. The maximum atomic E-state index is 12.6. The van der Waals surface area contributed by atoms with Crippen LogP contribution in [0.25, 0.3) is 11.3 Å². The Morgan fingerprint density at radius 1 is 1.32 bits per heavy atom. The zero-order chi connectivity index (χ0) is 18.0. The van der Waals surface area contributed by atoms with Crippen LogP contribution in [0.3, 0.4) is 0 Å². The molecule has 1 N–H and O–H groups in total. The van der Waals surface area contributed by atoms with Crippen LogP contribution in [0.2, 0.25) is 0 Å². The van der Waals surface area contributed by atoms with Gasteiger partial charge >= 0.3 is 5.97 Å². The average molecular weight is 360 g/mol. The second-order valence-corrected chi connectivity index (χ2v) is 7.37.